The topological polar surface area (TPSA) is 17.1 Å². The minimum absolute atomic E-state index is 0.295. The lowest BCUT2D eigenvalue weighted by Crippen LogP contribution is -2.29. The van der Waals surface area contributed by atoms with Gasteiger partial charge in [-0.1, -0.05) is 77.9 Å². The van der Waals surface area contributed by atoms with Crippen LogP contribution in [0.3, 0.4) is 0 Å². The van der Waals surface area contributed by atoms with E-state index in [9.17, 15) is 4.21 Å². The van der Waals surface area contributed by atoms with Crippen molar-refractivity contribution < 1.29 is 4.21 Å². The van der Waals surface area contributed by atoms with Crippen molar-refractivity contribution in [3.63, 3.8) is 0 Å². The van der Waals surface area contributed by atoms with Gasteiger partial charge in [-0.2, -0.15) is 0 Å². The molecule has 140 valence electrons. The summed E-state index contributed by atoms with van der Waals surface area (Å²) >= 11 is 0. The van der Waals surface area contributed by atoms with Crippen LogP contribution in [-0.4, -0.2) is 8.96 Å². The van der Waals surface area contributed by atoms with Crippen molar-refractivity contribution in [3.8, 4) is 0 Å². The molecule has 0 spiro atoms. The van der Waals surface area contributed by atoms with E-state index in [4.69, 9.17) is 0 Å². The molecule has 0 amide bonds. The number of hydrogen-bond donors (Lipinski definition) is 0. The molecule has 27 heavy (non-hydrogen) atoms. The van der Waals surface area contributed by atoms with Gasteiger partial charge in [0.15, 0.2) is 0 Å². The second-order valence-electron chi connectivity index (χ2n) is 7.86. The maximum atomic E-state index is 13.3. The van der Waals surface area contributed by atoms with E-state index in [0.717, 1.165) is 4.90 Å². The van der Waals surface area contributed by atoms with Crippen molar-refractivity contribution in [3.05, 3.63) is 83.9 Å². The first-order valence-electron chi connectivity index (χ1n) is 9.22. The monoisotopic (exact) mass is 394 g/mol. The number of aryl methyl sites for hydroxylation is 2. The zero-order valence-corrected chi connectivity index (χ0v) is 18.4. The molecule has 1 unspecified atom stereocenters. The molecule has 0 aliphatic heterocycles. The molecule has 3 rings (SSSR count). The highest BCUT2D eigenvalue weighted by Gasteiger charge is 2.27. The van der Waals surface area contributed by atoms with Crippen LogP contribution in [0.5, 0.6) is 0 Å². The Morgan fingerprint density at radius 3 is 1.74 bits per heavy atom. The van der Waals surface area contributed by atoms with Gasteiger partial charge in [0.05, 0.1) is 10.8 Å². The molecule has 0 aliphatic carbocycles. The predicted molar refractivity (Wildman–Crippen MR) is 121 cm³/mol. The highest BCUT2D eigenvalue weighted by Crippen LogP contribution is 2.36. The SMILES string of the molecule is Cc1cccc(P(c2cccc(C)c2)c2ccccc2S(=O)C(C)(C)C)c1. The summed E-state index contributed by atoms with van der Waals surface area (Å²) in [6.07, 6.45) is 0. The van der Waals surface area contributed by atoms with Crippen LogP contribution in [0, 0.1) is 13.8 Å². The van der Waals surface area contributed by atoms with Gasteiger partial charge in [-0.15, -0.1) is 0 Å². The summed E-state index contributed by atoms with van der Waals surface area (Å²) in [6, 6.07) is 25.7. The van der Waals surface area contributed by atoms with Crippen LogP contribution in [-0.2, 0) is 10.8 Å². The van der Waals surface area contributed by atoms with Gasteiger partial charge in [0.1, 0.15) is 0 Å². The van der Waals surface area contributed by atoms with Gasteiger partial charge in [0.25, 0.3) is 0 Å². The first-order valence-corrected chi connectivity index (χ1v) is 11.7. The van der Waals surface area contributed by atoms with Gasteiger partial charge in [-0.05, 0) is 59.2 Å². The molecule has 0 N–H and O–H groups in total. The van der Waals surface area contributed by atoms with Gasteiger partial charge in [0, 0.05) is 14.9 Å². The Morgan fingerprint density at radius 2 is 1.26 bits per heavy atom. The van der Waals surface area contributed by atoms with Crippen LogP contribution in [0.25, 0.3) is 0 Å². The second-order valence-corrected chi connectivity index (χ2v) is 12.2. The van der Waals surface area contributed by atoms with E-state index >= 15 is 0 Å². The van der Waals surface area contributed by atoms with Crippen LogP contribution in [0.2, 0.25) is 0 Å². The van der Waals surface area contributed by atoms with Crippen LogP contribution in [0.4, 0.5) is 0 Å². The van der Waals surface area contributed by atoms with Crippen molar-refractivity contribution in [2.24, 2.45) is 0 Å². The molecule has 0 radical (unpaired) electrons. The smallest absolute Gasteiger partial charge is 0.0590 e. The minimum Gasteiger partial charge on any atom is -0.254 e. The first kappa shape index (κ1) is 20.0. The maximum Gasteiger partial charge on any atom is 0.0590 e. The van der Waals surface area contributed by atoms with E-state index in [1.54, 1.807) is 0 Å². The Hall–Kier alpha value is -1.76. The molecule has 0 saturated carbocycles. The molecule has 0 heterocycles. The standard InChI is InChI=1S/C24H27OPS/c1-18-10-8-12-20(16-18)26(21-13-9-11-19(2)17-21)22-14-6-7-15-23(22)27(25)24(3,4)5/h6-17H,1-5H3. The Morgan fingerprint density at radius 1 is 0.741 bits per heavy atom. The van der Waals surface area contributed by atoms with E-state index in [0.29, 0.717) is 0 Å². The zero-order valence-electron chi connectivity index (χ0n) is 16.7. The Balaban J connectivity index is 2.25. The first-order chi connectivity index (χ1) is 12.8. The lowest BCUT2D eigenvalue weighted by molar-refractivity contribution is 0.649. The minimum atomic E-state index is -1.07. The molecular weight excluding hydrogens is 367 g/mol. The summed E-state index contributed by atoms with van der Waals surface area (Å²) < 4.78 is 13.0. The third-order valence-electron chi connectivity index (χ3n) is 4.38. The highest BCUT2D eigenvalue weighted by atomic mass is 32.2. The summed E-state index contributed by atoms with van der Waals surface area (Å²) in [6.45, 7) is 10.4. The number of rotatable bonds is 4. The Kier molecular flexibility index (Phi) is 5.99. The van der Waals surface area contributed by atoms with E-state index in [1.165, 1.54) is 27.0 Å². The Labute approximate surface area is 167 Å². The molecule has 3 heteroatoms. The normalized spacial score (nSPS) is 13.0. The zero-order chi connectivity index (χ0) is 19.6. The molecule has 0 bridgehead atoms. The second kappa shape index (κ2) is 8.09. The summed E-state index contributed by atoms with van der Waals surface area (Å²) in [4.78, 5) is 0.958. The summed E-state index contributed by atoms with van der Waals surface area (Å²) in [5.41, 5.74) is 2.50. The summed E-state index contributed by atoms with van der Waals surface area (Å²) in [5, 5.41) is 3.79. The number of benzene rings is 3. The highest BCUT2D eigenvalue weighted by molar-refractivity contribution is 7.88. The van der Waals surface area contributed by atoms with E-state index < -0.39 is 18.7 Å². The van der Waals surface area contributed by atoms with Crippen LogP contribution < -0.4 is 15.9 Å². The largest absolute Gasteiger partial charge is 0.254 e. The fraction of sp³-hybridized carbons (Fsp3) is 0.250. The maximum absolute atomic E-state index is 13.3. The van der Waals surface area contributed by atoms with Crippen LogP contribution >= 0.6 is 7.92 Å². The molecule has 1 nitrogen and oxygen atoms in total. The molecule has 0 aliphatic rings. The van der Waals surface area contributed by atoms with Crippen molar-refractivity contribution in [2.45, 2.75) is 44.3 Å². The summed E-state index contributed by atoms with van der Waals surface area (Å²) in [5.74, 6) is 0. The number of hydrogen-bond acceptors (Lipinski definition) is 1. The lowest BCUT2D eigenvalue weighted by atomic mass is 10.2. The van der Waals surface area contributed by atoms with Gasteiger partial charge in [0.2, 0.25) is 0 Å². The van der Waals surface area contributed by atoms with Crippen LogP contribution in [0.1, 0.15) is 31.9 Å². The predicted octanol–water partition coefficient (Wildman–Crippen LogP) is 4.97. The van der Waals surface area contributed by atoms with Gasteiger partial charge >= 0.3 is 0 Å². The van der Waals surface area contributed by atoms with Crippen molar-refractivity contribution in [2.75, 3.05) is 0 Å². The fourth-order valence-electron chi connectivity index (χ4n) is 3.09. The van der Waals surface area contributed by atoms with E-state index in [-0.39, 0.29) is 4.75 Å². The van der Waals surface area contributed by atoms with Crippen molar-refractivity contribution in [1.82, 2.24) is 0 Å². The van der Waals surface area contributed by atoms with Crippen molar-refractivity contribution in [1.29, 1.82) is 0 Å². The molecular formula is C24H27OPS. The van der Waals surface area contributed by atoms with Gasteiger partial charge in [-0.25, -0.2) is 0 Å². The molecule has 3 aromatic carbocycles. The molecule has 1 atom stereocenters. The summed E-state index contributed by atoms with van der Waals surface area (Å²) in [7, 11) is -1.85. The molecule has 3 aromatic rings. The quantitative estimate of drug-likeness (QED) is 0.571. The third kappa shape index (κ3) is 4.57. The van der Waals surface area contributed by atoms with Crippen molar-refractivity contribution >= 4 is 34.6 Å². The average Bonchev–Trinajstić information content (AvgIpc) is 2.61. The molecule has 0 saturated heterocycles. The Bertz CT molecular complexity index is 926. The lowest BCUT2D eigenvalue weighted by Gasteiger charge is -2.25. The van der Waals surface area contributed by atoms with E-state index in [1.807, 2.05) is 32.9 Å². The molecule has 0 aromatic heterocycles. The van der Waals surface area contributed by atoms with Crippen LogP contribution in [0.15, 0.2) is 77.7 Å². The van der Waals surface area contributed by atoms with E-state index in [2.05, 4.69) is 74.5 Å². The van der Waals surface area contributed by atoms with Gasteiger partial charge < -0.3 is 0 Å². The third-order valence-corrected chi connectivity index (χ3v) is 8.86. The van der Waals surface area contributed by atoms with Gasteiger partial charge in [-0.3, -0.25) is 4.21 Å². The fourth-order valence-corrected chi connectivity index (χ4v) is 7.25. The average molecular weight is 395 g/mol. The molecule has 0 fully saturated rings.